The summed E-state index contributed by atoms with van der Waals surface area (Å²) in [5, 5.41) is 25.2. The van der Waals surface area contributed by atoms with Gasteiger partial charge in [-0.05, 0) is 129 Å². The van der Waals surface area contributed by atoms with Crippen molar-refractivity contribution < 1.29 is 34.1 Å². The second-order valence-electron chi connectivity index (χ2n) is 21.6. The number of carboxylic acids is 1. The Morgan fingerprint density at radius 1 is 0.927 bits per heavy atom. The number of carboxylic acid groups (broad SMARTS) is 1. The number of hydrogen-bond donors (Lipinski definition) is 3. The molecule has 9 atom stereocenters. The SMILES string of the molecule is CC(=O)NCCN(CC1CCC1)C[C@H](O)[C@@]12CC[C@]3(C)[C@H](CC[C@@H]4[C@@]5(C)CC[C@H](OC(=O)CC(C)(C)C(=O)O)C(C)(C)[C@H]5CC[C@]43C)C1=C(C(C)C)C(=O)C2. The number of carbonyl (C=O) groups is 4. The lowest BCUT2D eigenvalue weighted by Gasteiger charge is -2.72. The molecule has 0 unspecified atom stereocenters. The number of rotatable bonds is 13. The summed E-state index contributed by atoms with van der Waals surface area (Å²) in [4.78, 5) is 53.3. The zero-order valence-electron chi connectivity index (χ0n) is 35.9. The quantitative estimate of drug-likeness (QED) is 0.161. The molecule has 0 spiro atoms. The first-order chi connectivity index (χ1) is 25.5. The van der Waals surface area contributed by atoms with Crippen LogP contribution in [0.5, 0.6) is 0 Å². The summed E-state index contributed by atoms with van der Waals surface area (Å²) in [6.45, 7) is 23.9. The maximum Gasteiger partial charge on any atom is 0.309 e. The molecule has 0 radical (unpaired) electrons. The molecule has 0 aliphatic heterocycles. The lowest BCUT2D eigenvalue weighted by Crippen LogP contribution is -2.66. The molecule has 0 aromatic rings. The molecule has 9 heteroatoms. The number of ether oxygens (including phenoxy) is 1. The Kier molecular flexibility index (Phi) is 11.4. The van der Waals surface area contributed by atoms with Crippen LogP contribution in [0.25, 0.3) is 0 Å². The third kappa shape index (κ3) is 7.05. The monoisotopic (exact) mass is 767 g/mol. The minimum Gasteiger partial charge on any atom is -0.481 e. The van der Waals surface area contributed by atoms with Crippen molar-refractivity contribution in [3.05, 3.63) is 11.1 Å². The zero-order valence-corrected chi connectivity index (χ0v) is 35.9. The second-order valence-corrected chi connectivity index (χ2v) is 21.6. The number of Topliss-reactive ketones (excluding diaryl/α,β-unsaturated/α-hetero) is 1. The van der Waals surface area contributed by atoms with E-state index in [0.717, 1.165) is 63.5 Å². The highest BCUT2D eigenvalue weighted by atomic mass is 16.5. The van der Waals surface area contributed by atoms with Crippen molar-refractivity contribution in [2.24, 2.45) is 62.1 Å². The van der Waals surface area contributed by atoms with Crippen molar-refractivity contribution >= 4 is 23.6 Å². The highest BCUT2D eigenvalue weighted by molar-refractivity contribution is 6.00. The first kappa shape index (κ1) is 42.3. The maximum atomic E-state index is 14.2. The third-order valence-corrected chi connectivity index (χ3v) is 17.5. The van der Waals surface area contributed by atoms with Gasteiger partial charge in [0.1, 0.15) is 6.10 Å². The lowest BCUT2D eigenvalue weighted by atomic mass is 9.33. The van der Waals surface area contributed by atoms with E-state index >= 15 is 0 Å². The Hall–Kier alpha value is -2.26. The van der Waals surface area contributed by atoms with Gasteiger partial charge in [-0.3, -0.25) is 24.1 Å². The van der Waals surface area contributed by atoms with E-state index in [9.17, 15) is 29.4 Å². The number of hydrogen-bond acceptors (Lipinski definition) is 7. The number of ketones is 1. The first-order valence-corrected chi connectivity index (χ1v) is 21.9. The number of amides is 1. The minimum atomic E-state index is -1.17. The lowest BCUT2D eigenvalue weighted by molar-refractivity contribution is -0.235. The molecule has 0 saturated heterocycles. The van der Waals surface area contributed by atoms with Gasteiger partial charge in [0.05, 0.1) is 17.9 Å². The first-order valence-electron chi connectivity index (χ1n) is 21.9. The van der Waals surface area contributed by atoms with Crippen LogP contribution in [0.15, 0.2) is 11.1 Å². The Morgan fingerprint density at radius 3 is 2.22 bits per heavy atom. The van der Waals surface area contributed by atoms with Gasteiger partial charge in [-0.2, -0.15) is 0 Å². The molecule has 0 bridgehead atoms. The largest absolute Gasteiger partial charge is 0.481 e. The van der Waals surface area contributed by atoms with Crippen molar-refractivity contribution in [2.75, 3.05) is 26.2 Å². The van der Waals surface area contributed by atoms with Gasteiger partial charge >= 0.3 is 11.9 Å². The average Bonchev–Trinajstić information content (AvgIpc) is 3.37. The topological polar surface area (TPSA) is 133 Å². The van der Waals surface area contributed by atoms with Gasteiger partial charge < -0.3 is 20.3 Å². The predicted molar refractivity (Wildman–Crippen MR) is 214 cm³/mol. The van der Waals surface area contributed by atoms with Crippen LogP contribution in [0.4, 0.5) is 0 Å². The standard InChI is InChI=1S/C46H74N2O7/c1-28(2)38-32(50)24-46(35(51)27-48(23-22-47-29(3)49)26-30-12-11-13-30)21-20-44(9)31(39(38)46)14-15-34-43(8)18-17-36(55-37(52)25-41(4,5)40(53)54)42(6,7)33(43)16-19-45(34,44)10/h28,30-31,33-36,51H,11-27H2,1-10H3,(H,47,49)(H,53,54)/t31-,33-,34-,35+,36+,43+,44-,45-,46+/m1/s1. The van der Waals surface area contributed by atoms with Crippen molar-refractivity contribution in [1.29, 1.82) is 0 Å². The van der Waals surface area contributed by atoms with E-state index in [1.54, 1.807) is 20.8 Å². The molecule has 6 aliphatic rings. The fourth-order valence-corrected chi connectivity index (χ4v) is 14.0. The third-order valence-electron chi connectivity index (χ3n) is 17.5. The fourth-order valence-electron chi connectivity index (χ4n) is 14.0. The van der Waals surface area contributed by atoms with E-state index in [4.69, 9.17) is 4.74 Å². The van der Waals surface area contributed by atoms with Crippen LogP contribution in [0.1, 0.15) is 153 Å². The summed E-state index contributed by atoms with van der Waals surface area (Å²) in [6.07, 6.45) is 10.8. The summed E-state index contributed by atoms with van der Waals surface area (Å²) in [5.74, 6) is 0.597. The summed E-state index contributed by atoms with van der Waals surface area (Å²) in [5.41, 5.74) is 0.392. The molecule has 55 heavy (non-hydrogen) atoms. The number of fused-ring (bicyclic) bond motifs is 7. The van der Waals surface area contributed by atoms with E-state index in [1.807, 2.05) is 0 Å². The number of esters is 1. The Labute approximate surface area is 331 Å². The summed E-state index contributed by atoms with van der Waals surface area (Å²) in [6, 6.07) is 0. The molecule has 5 fully saturated rings. The highest BCUT2D eigenvalue weighted by Crippen LogP contribution is 2.77. The summed E-state index contributed by atoms with van der Waals surface area (Å²) in [7, 11) is 0. The van der Waals surface area contributed by atoms with Gasteiger partial charge in [0, 0.05) is 50.4 Å². The van der Waals surface area contributed by atoms with E-state index in [2.05, 4.69) is 58.7 Å². The zero-order chi connectivity index (χ0) is 40.5. The van der Waals surface area contributed by atoms with Crippen LogP contribution in [0.2, 0.25) is 0 Å². The highest BCUT2D eigenvalue weighted by Gasteiger charge is 2.71. The molecule has 310 valence electrons. The van der Waals surface area contributed by atoms with Crippen LogP contribution in [0.3, 0.4) is 0 Å². The van der Waals surface area contributed by atoms with Crippen LogP contribution in [0, 0.1) is 62.1 Å². The molecule has 0 aromatic heterocycles. The number of nitrogens with zero attached hydrogens (tertiary/aromatic N) is 1. The van der Waals surface area contributed by atoms with Crippen LogP contribution < -0.4 is 5.32 Å². The van der Waals surface area contributed by atoms with Crippen molar-refractivity contribution in [3.8, 4) is 0 Å². The molecule has 6 aliphatic carbocycles. The molecule has 3 N–H and O–H groups in total. The molecule has 0 aromatic carbocycles. The van der Waals surface area contributed by atoms with Gasteiger partial charge in [0.25, 0.3) is 0 Å². The van der Waals surface area contributed by atoms with Crippen molar-refractivity contribution in [1.82, 2.24) is 10.2 Å². The molecular weight excluding hydrogens is 693 g/mol. The summed E-state index contributed by atoms with van der Waals surface area (Å²) < 4.78 is 6.18. The van der Waals surface area contributed by atoms with Gasteiger partial charge in [-0.1, -0.05) is 60.5 Å². The molecule has 9 nitrogen and oxygen atoms in total. The number of aliphatic hydroxyl groups excluding tert-OH is 1. The van der Waals surface area contributed by atoms with E-state index in [-0.39, 0.29) is 57.7 Å². The number of allylic oxidation sites excluding steroid dienone is 1. The number of aliphatic hydroxyl groups is 1. The van der Waals surface area contributed by atoms with E-state index in [1.165, 1.54) is 24.8 Å². The van der Waals surface area contributed by atoms with Gasteiger partial charge in [-0.25, -0.2) is 0 Å². The number of carbonyl (C=O) groups excluding carboxylic acids is 3. The maximum absolute atomic E-state index is 14.2. The van der Waals surface area contributed by atoms with E-state index < -0.39 is 28.9 Å². The van der Waals surface area contributed by atoms with Gasteiger partial charge in [0.15, 0.2) is 5.78 Å². The van der Waals surface area contributed by atoms with Crippen molar-refractivity contribution in [3.63, 3.8) is 0 Å². The molecular formula is C46H74N2O7. The van der Waals surface area contributed by atoms with E-state index in [0.29, 0.717) is 43.8 Å². The summed E-state index contributed by atoms with van der Waals surface area (Å²) >= 11 is 0. The average molecular weight is 767 g/mol. The Balaban J connectivity index is 1.27. The van der Waals surface area contributed by atoms with Gasteiger partial charge in [-0.15, -0.1) is 0 Å². The normalized spacial score (nSPS) is 37.7. The molecule has 5 saturated carbocycles. The number of aliphatic carboxylic acids is 1. The predicted octanol–water partition coefficient (Wildman–Crippen LogP) is 7.98. The van der Waals surface area contributed by atoms with Crippen molar-refractivity contribution in [2.45, 2.75) is 165 Å². The van der Waals surface area contributed by atoms with Crippen LogP contribution >= 0.6 is 0 Å². The fraction of sp³-hybridized carbons (Fsp3) is 0.870. The Bertz CT molecular complexity index is 1560. The smallest absolute Gasteiger partial charge is 0.309 e. The van der Waals surface area contributed by atoms with Crippen LogP contribution in [-0.2, 0) is 23.9 Å². The molecule has 1 amide bonds. The van der Waals surface area contributed by atoms with Gasteiger partial charge in [0.2, 0.25) is 5.91 Å². The number of nitrogens with one attached hydrogen (secondary N) is 1. The minimum absolute atomic E-state index is 0.0277. The van der Waals surface area contributed by atoms with Crippen LogP contribution in [-0.4, -0.2) is 77.1 Å². The molecule has 0 heterocycles. The second kappa shape index (κ2) is 14.8. The molecule has 6 rings (SSSR count). The Morgan fingerprint density at radius 2 is 1.62 bits per heavy atom.